The second-order valence-corrected chi connectivity index (χ2v) is 10.3. The maximum atomic E-state index is 12.9. The first-order valence-corrected chi connectivity index (χ1v) is 11.0. The van der Waals surface area contributed by atoms with Crippen molar-refractivity contribution in [3.8, 4) is 5.75 Å². The van der Waals surface area contributed by atoms with Gasteiger partial charge in [0.2, 0.25) is 6.73 Å². The fourth-order valence-electron chi connectivity index (χ4n) is 5.77. The number of carbonyl (C=O) groups is 2. The van der Waals surface area contributed by atoms with Crippen LogP contribution in [0.3, 0.4) is 0 Å². The summed E-state index contributed by atoms with van der Waals surface area (Å²) < 4.78 is 11.7. The van der Waals surface area contributed by atoms with Crippen LogP contribution >= 0.6 is 0 Å². The molecule has 1 aromatic rings. The molecule has 5 atom stereocenters. The molecule has 3 saturated carbocycles. The van der Waals surface area contributed by atoms with Crippen LogP contribution < -0.4 is 4.74 Å². The quantitative estimate of drug-likeness (QED) is 0.404. The zero-order chi connectivity index (χ0) is 21.5. The van der Waals surface area contributed by atoms with E-state index >= 15 is 0 Å². The second-order valence-electron chi connectivity index (χ2n) is 10.3. The lowest BCUT2D eigenvalue weighted by molar-refractivity contribution is -0.920. The number of quaternary nitrogens is 1. The van der Waals surface area contributed by atoms with Crippen LogP contribution in [0.15, 0.2) is 18.3 Å². The van der Waals surface area contributed by atoms with Crippen LogP contribution in [-0.4, -0.2) is 61.4 Å². The summed E-state index contributed by atoms with van der Waals surface area (Å²) in [6.45, 7) is 0.766. The number of carbonyl (C=O) groups excluding carboxylic acids is 2. The molecule has 0 N–H and O–H groups in total. The number of fused-ring (bicyclic) bond motifs is 2. The van der Waals surface area contributed by atoms with E-state index in [4.69, 9.17) is 9.47 Å². The molecule has 0 radical (unpaired) electrons. The van der Waals surface area contributed by atoms with Gasteiger partial charge in [-0.05, 0) is 67.9 Å². The average Bonchev–Trinajstić information content (AvgIpc) is 2.89. The van der Waals surface area contributed by atoms with Gasteiger partial charge in [0.05, 0.1) is 20.0 Å². The highest BCUT2D eigenvalue weighted by Crippen LogP contribution is 2.57. The van der Waals surface area contributed by atoms with E-state index in [0.29, 0.717) is 28.4 Å². The Bertz CT molecular complexity index is 807. The summed E-state index contributed by atoms with van der Waals surface area (Å²) in [4.78, 5) is 30.6. The van der Waals surface area contributed by atoms with Crippen molar-refractivity contribution in [2.24, 2.45) is 29.6 Å². The molecule has 0 saturated heterocycles. The average molecular weight is 417 g/mol. The number of nitrogens with zero attached hydrogens (tertiary/aromatic N) is 3. The number of amides is 1. The number of pyridine rings is 1. The molecule has 0 aliphatic heterocycles. The van der Waals surface area contributed by atoms with E-state index in [-0.39, 0.29) is 18.6 Å². The van der Waals surface area contributed by atoms with E-state index in [0.717, 1.165) is 24.2 Å². The van der Waals surface area contributed by atoms with Gasteiger partial charge >= 0.3 is 12.1 Å². The van der Waals surface area contributed by atoms with Gasteiger partial charge in [-0.15, -0.1) is 0 Å². The summed E-state index contributed by atoms with van der Waals surface area (Å²) >= 11 is 0. The van der Waals surface area contributed by atoms with Crippen LogP contribution in [-0.2, 0) is 16.1 Å². The minimum absolute atomic E-state index is 0.0301. The molecule has 0 spiro atoms. The van der Waals surface area contributed by atoms with E-state index in [1.807, 2.05) is 14.1 Å². The standard InChI is InChI=1S/C23H34N3O4/c1-25(2)23(28)30-21-6-5-7-24-20(21)13-26(3,4)14-29-22(27)19-12-17-9-15-8-16(17)11-18(19)10-15/h5-7,15-19H,8-14H2,1-4H3/q+1/t15-,16+,17+,18-,19-/m0/s1. The van der Waals surface area contributed by atoms with Gasteiger partial charge < -0.3 is 14.4 Å². The Kier molecular flexibility index (Phi) is 5.75. The smallest absolute Gasteiger partial charge is 0.414 e. The van der Waals surface area contributed by atoms with Crippen LogP contribution in [0.25, 0.3) is 0 Å². The van der Waals surface area contributed by atoms with Crippen LogP contribution in [0.2, 0.25) is 0 Å². The van der Waals surface area contributed by atoms with E-state index < -0.39 is 6.09 Å². The number of aromatic nitrogens is 1. The molecular weight excluding hydrogens is 382 g/mol. The Balaban J connectivity index is 1.35. The zero-order valence-electron chi connectivity index (χ0n) is 18.5. The summed E-state index contributed by atoms with van der Waals surface area (Å²) in [6.07, 6.45) is 7.39. The maximum absolute atomic E-state index is 12.9. The Hall–Kier alpha value is -2.15. The van der Waals surface area contributed by atoms with Crippen molar-refractivity contribution < 1.29 is 23.5 Å². The van der Waals surface area contributed by atoms with Gasteiger partial charge in [-0.3, -0.25) is 14.3 Å². The Morgan fingerprint density at radius 2 is 1.80 bits per heavy atom. The van der Waals surface area contributed by atoms with Crippen LogP contribution in [0.5, 0.6) is 5.75 Å². The van der Waals surface area contributed by atoms with Gasteiger partial charge in [0.1, 0.15) is 12.2 Å². The first kappa shape index (κ1) is 21.1. The van der Waals surface area contributed by atoms with Crippen molar-refractivity contribution in [1.82, 2.24) is 9.88 Å². The monoisotopic (exact) mass is 416 g/mol. The van der Waals surface area contributed by atoms with Gasteiger partial charge in [-0.1, -0.05) is 0 Å². The molecule has 4 rings (SSSR count). The lowest BCUT2D eigenvalue weighted by atomic mass is 9.67. The van der Waals surface area contributed by atoms with Gasteiger partial charge in [0.15, 0.2) is 5.75 Å². The molecule has 3 bridgehead atoms. The number of hydrogen-bond donors (Lipinski definition) is 0. The van der Waals surface area contributed by atoms with Crippen molar-refractivity contribution in [1.29, 1.82) is 0 Å². The highest BCUT2D eigenvalue weighted by molar-refractivity contribution is 5.73. The fourth-order valence-corrected chi connectivity index (χ4v) is 5.77. The Labute approximate surface area is 178 Å². The third-order valence-corrected chi connectivity index (χ3v) is 7.15. The van der Waals surface area contributed by atoms with Gasteiger partial charge in [0, 0.05) is 20.3 Å². The lowest BCUT2D eigenvalue weighted by Crippen LogP contribution is -2.44. The molecular formula is C23H34N3O4+. The highest BCUT2D eigenvalue weighted by atomic mass is 16.6. The topological polar surface area (TPSA) is 68.7 Å². The SMILES string of the molecule is CN(C)C(=O)Oc1cccnc1C[N+](C)(C)COC(=O)[C@H]1C[C@H]2C[C@@H]3C[C@@H]2C[C@@H]1C3. The number of rotatable bonds is 6. The van der Waals surface area contributed by atoms with Crippen molar-refractivity contribution in [2.75, 3.05) is 34.9 Å². The predicted octanol–water partition coefficient (Wildman–Crippen LogP) is 3.29. The Morgan fingerprint density at radius 3 is 2.53 bits per heavy atom. The van der Waals surface area contributed by atoms with Crippen molar-refractivity contribution in [3.63, 3.8) is 0 Å². The largest absolute Gasteiger partial charge is 0.415 e. The number of ether oxygens (including phenoxy) is 2. The van der Waals surface area contributed by atoms with Crippen molar-refractivity contribution in [2.45, 2.75) is 38.6 Å². The molecule has 1 heterocycles. The van der Waals surface area contributed by atoms with Crippen LogP contribution in [0, 0.1) is 29.6 Å². The van der Waals surface area contributed by atoms with Crippen LogP contribution in [0.4, 0.5) is 4.79 Å². The minimum atomic E-state index is -0.442. The first-order chi connectivity index (χ1) is 14.2. The molecule has 1 aromatic heterocycles. The normalized spacial score (nSPS) is 29.5. The molecule has 7 nitrogen and oxygen atoms in total. The van der Waals surface area contributed by atoms with Crippen molar-refractivity contribution in [3.05, 3.63) is 24.0 Å². The zero-order valence-corrected chi connectivity index (χ0v) is 18.5. The van der Waals surface area contributed by atoms with E-state index in [1.54, 1.807) is 32.4 Å². The van der Waals surface area contributed by atoms with E-state index in [1.165, 1.54) is 30.6 Å². The second kappa shape index (κ2) is 8.17. The molecule has 164 valence electrons. The molecule has 3 aliphatic rings. The number of esters is 1. The molecule has 0 unspecified atom stereocenters. The predicted molar refractivity (Wildman–Crippen MR) is 111 cm³/mol. The summed E-state index contributed by atoms with van der Waals surface area (Å²) in [7, 11) is 7.27. The molecule has 30 heavy (non-hydrogen) atoms. The highest BCUT2D eigenvalue weighted by Gasteiger charge is 2.50. The van der Waals surface area contributed by atoms with E-state index in [2.05, 4.69) is 4.98 Å². The van der Waals surface area contributed by atoms with Gasteiger partial charge in [-0.25, -0.2) is 4.79 Å². The molecule has 1 amide bonds. The van der Waals surface area contributed by atoms with Crippen molar-refractivity contribution >= 4 is 12.1 Å². The number of hydrogen-bond acceptors (Lipinski definition) is 5. The lowest BCUT2D eigenvalue weighted by Gasteiger charge is -2.39. The van der Waals surface area contributed by atoms with Gasteiger partial charge in [-0.2, -0.15) is 0 Å². The summed E-state index contributed by atoms with van der Waals surface area (Å²) in [5, 5.41) is 0. The first-order valence-electron chi connectivity index (χ1n) is 11.0. The third kappa shape index (κ3) is 4.46. The molecule has 3 aliphatic carbocycles. The van der Waals surface area contributed by atoms with Crippen LogP contribution in [0.1, 0.15) is 37.8 Å². The summed E-state index contributed by atoms with van der Waals surface area (Å²) in [5.41, 5.74) is 0.669. The molecule has 7 heteroatoms. The minimum Gasteiger partial charge on any atom is -0.415 e. The fraction of sp³-hybridized carbons (Fsp3) is 0.696. The third-order valence-electron chi connectivity index (χ3n) is 7.15. The summed E-state index contributed by atoms with van der Waals surface area (Å²) in [6, 6.07) is 3.48. The maximum Gasteiger partial charge on any atom is 0.414 e. The van der Waals surface area contributed by atoms with Gasteiger partial charge in [0.25, 0.3) is 0 Å². The van der Waals surface area contributed by atoms with E-state index in [9.17, 15) is 9.59 Å². The Morgan fingerprint density at radius 1 is 1.10 bits per heavy atom. The molecule has 3 fully saturated rings. The molecule has 0 aromatic carbocycles. The summed E-state index contributed by atoms with van der Waals surface area (Å²) in [5.74, 6) is 3.43.